The fraction of sp³-hybridized carbons (Fsp3) is 0.429. The van der Waals surface area contributed by atoms with Crippen LogP contribution in [0.3, 0.4) is 0 Å². The van der Waals surface area contributed by atoms with E-state index >= 15 is 0 Å². The first-order valence-electron chi connectivity index (χ1n) is 5.64. The van der Waals surface area contributed by atoms with Gasteiger partial charge in [0.2, 0.25) is 0 Å². The van der Waals surface area contributed by atoms with Gasteiger partial charge in [-0.1, -0.05) is 42.7 Å². The minimum absolute atomic E-state index is 0.538. The van der Waals surface area contributed by atoms with Crippen LogP contribution >= 0.6 is 0 Å². The smallest absolute Gasteiger partial charge is 0.0604 e. The molecule has 0 spiro atoms. The summed E-state index contributed by atoms with van der Waals surface area (Å²) < 4.78 is 0. The summed E-state index contributed by atoms with van der Waals surface area (Å²) in [5.41, 5.74) is 1.41. The van der Waals surface area contributed by atoms with E-state index < -0.39 is 0 Å². The molecule has 1 aliphatic heterocycles. The van der Waals surface area contributed by atoms with Gasteiger partial charge in [0.15, 0.2) is 0 Å². The zero-order valence-corrected chi connectivity index (χ0v) is 9.02. The van der Waals surface area contributed by atoms with Crippen molar-refractivity contribution in [2.24, 2.45) is 0 Å². The maximum absolute atomic E-state index is 5.41. The second-order valence-corrected chi connectivity index (χ2v) is 4.10. The summed E-state index contributed by atoms with van der Waals surface area (Å²) in [6.45, 7) is 1.92. The van der Waals surface area contributed by atoms with E-state index in [9.17, 15) is 0 Å². The Balaban J connectivity index is 2.15. The van der Waals surface area contributed by atoms with E-state index in [1.54, 1.807) is 0 Å². The third kappa shape index (κ3) is 2.40. The Hall–Kier alpha value is -1.26. The number of nitrogens with zero attached hydrogens (tertiary/aromatic N) is 1. The lowest BCUT2D eigenvalue weighted by atomic mass is 9.95. The van der Waals surface area contributed by atoms with Gasteiger partial charge in [-0.25, -0.2) is 0 Å². The Kier molecular flexibility index (Phi) is 3.42. The minimum Gasteiger partial charge on any atom is -0.285 e. The highest BCUT2D eigenvalue weighted by Crippen LogP contribution is 2.29. The number of hydrogen-bond acceptors (Lipinski definition) is 1. The number of rotatable bonds is 2. The maximum atomic E-state index is 5.41. The molecule has 1 atom stereocenters. The molecule has 0 aliphatic carbocycles. The van der Waals surface area contributed by atoms with Crippen molar-refractivity contribution in [3.8, 4) is 12.3 Å². The van der Waals surface area contributed by atoms with E-state index in [-0.39, 0.29) is 0 Å². The standard InChI is InChI=1S/C14H17N/c1-2-11-15-12-7-6-10-14(15)13-8-4-3-5-9-13/h1,3-5,8-9,14H,6-7,10-12H2. The van der Waals surface area contributed by atoms with Crippen LogP contribution in [0, 0.1) is 12.3 Å². The molecule has 78 valence electrons. The zero-order chi connectivity index (χ0) is 10.5. The van der Waals surface area contributed by atoms with Crippen LogP contribution in [-0.4, -0.2) is 18.0 Å². The van der Waals surface area contributed by atoms with Gasteiger partial charge in [0.05, 0.1) is 6.54 Å². The van der Waals surface area contributed by atoms with Crippen LogP contribution in [0.2, 0.25) is 0 Å². The molecular weight excluding hydrogens is 182 g/mol. The third-order valence-corrected chi connectivity index (χ3v) is 3.09. The number of hydrogen-bond donors (Lipinski definition) is 0. The molecule has 0 saturated carbocycles. The summed E-state index contributed by atoms with van der Waals surface area (Å²) in [4.78, 5) is 2.42. The summed E-state index contributed by atoms with van der Waals surface area (Å²) in [5, 5.41) is 0. The summed E-state index contributed by atoms with van der Waals surface area (Å²) in [7, 11) is 0. The van der Waals surface area contributed by atoms with Crippen molar-refractivity contribution in [1.29, 1.82) is 0 Å². The van der Waals surface area contributed by atoms with Crippen LogP contribution in [0.1, 0.15) is 30.9 Å². The molecule has 1 saturated heterocycles. The van der Waals surface area contributed by atoms with E-state index in [0.29, 0.717) is 6.04 Å². The van der Waals surface area contributed by atoms with Gasteiger partial charge in [-0.3, -0.25) is 4.90 Å². The van der Waals surface area contributed by atoms with Crippen molar-refractivity contribution >= 4 is 0 Å². The molecule has 1 nitrogen and oxygen atoms in total. The fourth-order valence-corrected chi connectivity index (χ4v) is 2.35. The Morgan fingerprint density at radius 1 is 1.27 bits per heavy atom. The van der Waals surface area contributed by atoms with Crippen molar-refractivity contribution in [3.05, 3.63) is 35.9 Å². The zero-order valence-electron chi connectivity index (χ0n) is 9.02. The van der Waals surface area contributed by atoms with Crippen molar-refractivity contribution in [1.82, 2.24) is 4.90 Å². The van der Waals surface area contributed by atoms with Crippen LogP contribution in [0.5, 0.6) is 0 Å². The Labute approximate surface area is 92.1 Å². The highest BCUT2D eigenvalue weighted by atomic mass is 15.2. The van der Waals surface area contributed by atoms with Crippen molar-refractivity contribution in [3.63, 3.8) is 0 Å². The highest BCUT2D eigenvalue weighted by molar-refractivity contribution is 5.19. The predicted molar refractivity (Wildman–Crippen MR) is 63.4 cm³/mol. The second-order valence-electron chi connectivity index (χ2n) is 4.10. The number of likely N-dealkylation sites (tertiary alicyclic amines) is 1. The fourth-order valence-electron chi connectivity index (χ4n) is 2.35. The van der Waals surface area contributed by atoms with E-state index in [2.05, 4.69) is 41.2 Å². The lowest BCUT2D eigenvalue weighted by Gasteiger charge is -2.34. The van der Waals surface area contributed by atoms with Crippen LogP contribution in [0.15, 0.2) is 30.3 Å². The Bertz CT molecular complexity index is 336. The van der Waals surface area contributed by atoms with Gasteiger partial charge in [-0.15, -0.1) is 6.42 Å². The first-order chi connectivity index (χ1) is 7.42. The van der Waals surface area contributed by atoms with Gasteiger partial charge in [-0.2, -0.15) is 0 Å². The summed E-state index contributed by atoms with van der Waals surface area (Å²) in [6.07, 6.45) is 9.25. The molecular formula is C14H17N. The molecule has 1 heteroatoms. The second kappa shape index (κ2) is 5.00. The summed E-state index contributed by atoms with van der Waals surface area (Å²) in [6, 6.07) is 11.2. The Morgan fingerprint density at radius 2 is 2.07 bits per heavy atom. The van der Waals surface area contributed by atoms with E-state index in [0.717, 1.165) is 13.1 Å². The average Bonchev–Trinajstić information content (AvgIpc) is 2.31. The van der Waals surface area contributed by atoms with Crippen LogP contribution < -0.4 is 0 Å². The number of benzene rings is 1. The number of terminal acetylenes is 1. The summed E-state index contributed by atoms with van der Waals surface area (Å²) in [5.74, 6) is 2.76. The van der Waals surface area contributed by atoms with Crippen molar-refractivity contribution < 1.29 is 0 Å². The molecule has 1 fully saturated rings. The summed E-state index contributed by atoms with van der Waals surface area (Å²) >= 11 is 0. The monoisotopic (exact) mass is 199 g/mol. The topological polar surface area (TPSA) is 3.24 Å². The molecule has 1 aliphatic rings. The average molecular weight is 199 g/mol. The molecule has 1 aromatic rings. The van der Waals surface area contributed by atoms with Gasteiger partial charge >= 0.3 is 0 Å². The lowest BCUT2D eigenvalue weighted by Crippen LogP contribution is -2.33. The van der Waals surface area contributed by atoms with Gasteiger partial charge < -0.3 is 0 Å². The van der Waals surface area contributed by atoms with Crippen LogP contribution in [0.4, 0.5) is 0 Å². The molecule has 1 aromatic carbocycles. The Morgan fingerprint density at radius 3 is 2.80 bits per heavy atom. The van der Waals surface area contributed by atoms with Crippen LogP contribution in [0.25, 0.3) is 0 Å². The molecule has 0 bridgehead atoms. The van der Waals surface area contributed by atoms with Gasteiger partial charge in [0.1, 0.15) is 0 Å². The molecule has 15 heavy (non-hydrogen) atoms. The first kappa shape index (κ1) is 10.3. The third-order valence-electron chi connectivity index (χ3n) is 3.09. The highest BCUT2D eigenvalue weighted by Gasteiger charge is 2.22. The van der Waals surface area contributed by atoms with E-state index in [1.807, 2.05) is 0 Å². The van der Waals surface area contributed by atoms with Gasteiger partial charge in [0.25, 0.3) is 0 Å². The van der Waals surface area contributed by atoms with E-state index in [1.165, 1.54) is 24.8 Å². The van der Waals surface area contributed by atoms with E-state index in [4.69, 9.17) is 6.42 Å². The molecule has 1 heterocycles. The lowest BCUT2D eigenvalue weighted by molar-refractivity contribution is 0.169. The number of piperidine rings is 1. The molecule has 0 N–H and O–H groups in total. The molecule has 0 radical (unpaired) electrons. The molecule has 2 rings (SSSR count). The van der Waals surface area contributed by atoms with Gasteiger partial charge in [-0.05, 0) is 24.9 Å². The van der Waals surface area contributed by atoms with Crippen molar-refractivity contribution in [2.45, 2.75) is 25.3 Å². The van der Waals surface area contributed by atoms with Crippen molar-refractivity contribution in [2.75, 3.05) is 13.1 Å². The molecule has 0 aromatic heterocycles. The maximum Gasteiger partial charge on any atom is 0.0604 e. The first-order valence-corrected chi connectivity index (χ1v) is 5.64. The SMILES string of the molecule is C#CCN1CCCCC1c1ccccc1. The molecule has 0 amide bonds. The minimum atomic E-state index is 0.538. The normalized spacial score (nSPS) is 22.2. The predicted octanol–water partition coefficient (Wildman–Crippen LogP) is 2.85. The quantitative estimate of drug-likeness (QED) is 0.662. The molecule has 1 unspecified atom stereocenters. The largest absolute Gasteiger partial charge is 0.285 e. The van der Waals surface area contributed by atoms with Crippen LogP contribution in [-0.2, 0) is 0 Å². The van der Waals surface area contributed by atoms with Gasteiger partial charge in [0, 0.05) is 6.04 Å².